The maximum absolute atomic E-state index is 10.8. The molecule has 0 saturated heterocycles. The third kappa shape index (κ3) is 7.99. The molecular weight excluding hydrogens is 243 g/mol. The summed E-state index contributed by atoms with van der Waals surface area (Å²) in [4.78, 5) is 0. The van der Waals surface area contributed by atoms with Crippen molar-refractivity contribution in [2.75, 3.05) is 6.26 Å². The summed E-state index contributed by atoms with van der Waals surface area (Å²) in [6, 6.07) is 0. The van der Waals surface area contributed by atoms with E-state index in [1.165, 1.54) is 11.8 Å². The SMILES string of the molecule is CSC([O-])=C1C=CC=C1.[C-]#[O+].[C-]#[O+].[Mn]. The van der Waals surface area contributed by atoms with E-state index in [0.29, 0.717) is 0 Å². The molecule has 0 aromatic heterocycles. The Hall–Kier alpha value is -0.631. The Labute approximate surface area is 97.9 Å². The molecule has 0 N–H and O–H groups in total. The van der Waals surface area contributed by atoms with Gasteiger partial charge in [0.05, 0.1) is 0 Å². The second kappa shape index (κ2) is 14.9. The van der Waals surface area contributed by atoms with Gasteiger partial charge in [0.1, 0.15) is 0 Å². The zero-order valence-corrected chi connectivity index (χ0v) is 9.32. The van der Waals surface area contributed by atoms with Crippen LogP contribution in [-0.4, -0.2) is 6.26 Å². The molecule has 1 aliphatic carbocycles. The molecule has 0 fully saturated rings. The van der Waals surface area contributed by atoms with Crippen LogP contribution < -0.4 is 5.11 Å². The Balaban J connectivity index is -0.000000216. The zero-order chi connectivity index (χ0) is 10.7. The fraction of sp³-hybridized carbons (Fsp3) is 0.111. The first-order valence-electron chi connectivity index (χ1n) is 3.05. The molecule has 0 unspecified atom stereocenters. The van der Waals surface area contributed by atoms with E-state index in [9.17, 15) is 5.11 Å². The molecule has 3 nitrogen and oxygen atoms in total. The molecule has 0 aromatic carbocycles. The minimum absolute atomic E-state index is 0. The summed E-state index contributed by atoms with van der Waals surface area (Å²) in [5, 5.41) is 11.0. The minimum atomic E-state index is 0. The average molecular weight is 250 g/mol. The normalized spacial score (nSPS) is 9.93. The minimum Gasteiger partial charge on any atom is 0 e. The monoisotopic (exact) mass is 250 g/mol. The van der Waals surface area contributed by atoms with Crippen molar-refractivity contribution < 1.29 is 31.5 Å². The van der Waals surface area contributed by atoms with Crippen molar-refractivity contribution in [2.24, 2.45) is 0 Å². The standard InChI is InChI=1S/C7H8OS.2CO.Mn/c1-9-7(8)6-4-2-3-5-6;2*1-2;/h2-5,8H,1H3;;;/p-1. The molecule has 5 heteroatoms. The van der Waals surface area contributed by atoms with Gasteiger partial charge >= 0.3 is 22.6 Å². The Bertz CT molecular complexity index is 244. The van der Waals surface area contributed by atoms with Crippen LogP contribution in [0.4, 0.5) is 0 Å². The predicted molar refractivity (Wildman–Crippen MR) is 46.7 cm³/mol. The van der Waals surface area contributed by atoms with Gasteiger partial charge in [-0.05, 0) is 11.8 Å². The van der Waals surface area contributed by atoms with Crippen LogP contribution in [0.5, 0.6) is 0 Å². The van der Waals surface area contributed by atoms with Crippen LogP contribution in [-0.2, 0) is 26.4 Å². The number of hydrogen-bond donors (Lipinski definition) is 0. The maximum atomic E-state index is 10.8. The third-order valence-electron chi connectivity index (χ3n) is 1.08. The van der Waals surface area contributed by atoms with Crippen molar-refractivity contribution >= 4 is 11.8 Å². The molecule has 0 aliphatic heterocycles. The van der Waals surface area contributed by atoms with Crippen molar-refractivity contribution in [1.29, 1.82) is 0 Å². The molecule has 0 aromatic rings. The van der Waals surface area contributed by atoms with Crippen LogP contribution in [0.3, 0.4) is 0 Å². The van der Waals surface area contributed by atoms with Crippen molar-refractivity contribution in [2.45, 2.75) is 0 Å². The van der Waals surface area contributed by atoms with Gasteiger partial charge in [-0.2, -0.15) is 0 Å². The number of hydrogen-bond acceptors (Lipinski definition) is 2. The number of thioether (sulfide) groups is 1. The molecule has 14 heavy (non-hydrogen) atoms. The van der Waals surface area contributed by atoms with Gasteiger partial charge < -0.3 is 5.11 Å². The van der Waals surface area contributed by atoms with Gasteiger partial charge in [-0.1, -0.05) is 29.4 Å². The molecule has 0 heterocycles. The molecule has 0 amide bonds. The summed E-state index contributed by atoms with van der Waals surface area (Å²) >= 11 is 1.24. The average Bonchev–Trinajstić information content (AvgIpc) is 2.76. The van der Waals surface area contributed by atoms with Crippen molar-refractivity contribution in [3.8, 4) is 0 Å². The van der Waals surface area contributed by atoms with Crippen molar-refractivity contribution in [3.05, 3.63) is 48.3 Å². The summed E-state index contributed by atoms with van der Waals surface area (Å²) in [7, 11) is 0. The number of allylic oxidation sites excluding steroid dienone is 5. The van der Waals surface area contributed by atoms with E-state index in [4.69, 9.17) is 9.30 Å². The van der Waals surface area contributed by atoms with Crippen LogP contribution in [0.1, 0.15) is 0 Å². The van der Waals surface area contributed by atoms with Gasteiger partial charge in [0.25, 0.3) is 0 Å². The molecule has 1 radical (unpaired) electrons. The van der Waals surface area contributed by atoms with Crippen LogP contribution in [0.2, 0.25) is 0 Å². The van der Waals surface area contributed by atoms with Gasteiger partial charge in [-0.3, -0.25) is 0 Å². The second-order valence-corrected chi connectivity index (χ2v) is 2.44. The fourth-order valence-corrected chi connectivity index (χ4v) is 1.000. The van der Waals surface area contributed by atoms with Crippen LogP contribution >= 0.6 is 11.8 Å². The van der Waals surface area contributed by atoms with E-state index >= 15 is 0 Å². The summed E-state index contributed by atoms with van der Waals surface area (Å²) in [6.45, 7) is 9.00. The Morgan fingerprint density at radius 1 is 1.21 bits per heavy atom. The molecule has 1 rings (SSSR count). The predicted octanol–water partition coefficient (Wildman–Crippen LogP) is 0.970. The van der Waals surface area contributed by atoms with Gasteiger partial charge in [-0.15, -0.1) is 11.8 Å². The van der Waals surface area contributed by atoms with Crippen molar-refractivity contribution in [1.82, 2.24) is 0 Å². The topological polar surface area (TPSA) is 62.9 Å². The molecule has 1 aliphatic rings. The zero-order valence-electron chi connectivity index (χ0n) is 7.32. The Morgan fingerprint density at radius 3 is 1.86 bits per heavy atom. The second-order valence-electron chi connectivity index (χ2n) is 1.67. The quantitative estimate of drug-likeness (QED) is 0.301. The molecular formula is C9H7MnO3S-. The van der Waals surface area contributed by atoms with Crippen molar-refractivity contribution in [3.63, 3.8) is 0 Å². The maximum Gasteiger partial charge on any atom is 0 e. The molecule has 0 spiro atoms. The fourth-order valence-electron chi connectivity index (χ4n) is 0.628. The van der Waals surface area contributed by atoms with Gasteiger partial charge in [0, 0.05) is 17.1 Å². The first-order valence-corrected chi connectivity index (χ1v) is 4.28. The largest absolute Gasteiger partial charge is 0 e. The third-order valence-corrected chi connectivity index (χ3v) is 1.69. The summed E-state index contributed by atoms with van der Waals surface area (Å²) in [5.41, 5.74) is 0.794. The first-order chi connectivity index (χ1) is 6.34. The molecule has 0 atom stereocenters. The van der Waals surface area contributed by atoms with E-state index in [0.717, 1.165) is 5.57 Å². The molecule has 75 valence electrons. The van der Waals surface area contributed by atoms with Crippen LogP contribution in [0, 0.1) is 13.3 Å². The Morgan fingerprint density at radius 2 is 1.57 bits per heavy atom. The number of rotatable bonds is 1. The van der Waals surface area contributed by atoms with Gasteiger partial charge in [0.15, 0.2) is 0 Å². The summed E-state index contributed by atoms with van der Waals surface area (Å²) < 4.78 is 15.0. The summed E-state index contributed by atoms with van der Waals surface area (Å²) in [5.74, 6) is 0. The first kappa shape index (κ1) is 19.0. The van der Waals surface area contributed by atoms with Crippen LogP contribution in [0.15, 0.2) is 35.0 Å². The smallest absolute Gasteiger partial charge is 0 e. The summed E-state index contributed by atoms with van der Waals surface area (Å²) in [6.07, 6.45) is 9.15. The van der Waals surface area contributed by atoms with E-state index in [2.05, 4.69) is 13.3 Å². The van der Waals surface area contributed by atoms with Gasteiger partial charge in [-0.25, -0.2) is 0 Å². The Kier molecular flexibility index (Phi) is 20.2. The van der Waals surface area contributed by atoms with E-state index < -0.39 is 0 Å². The van der Waals surface area contributed by atoms with Crippen LogP contribution in [0.25, 0.3) is 0 Å². The van der Waals surface area contributed by atoms with E-state index in [1.54, 1.807) is 6.26 Å². The molecule has 0 saturated carbocycles. The van der Waals surface area contributed by atoms with E-state index in [-0.39, 0.29) is 22.2 Å². The van der Waals surface area contributed by atoms with E-state index in [1.807, 2.05) is 24.3 Å². The van der Waals surface area contributed by atoms with Gasteiger partial charge in [0.2, 0.25) is 0 Å². The molecule has 0 bridgehead atoms.